The summed E-state index contributed by atoms with van der Waals surface area (Å²) >= 11 is 14.7. The Kier molecular flexibility index (Phi) is 12.4. The standard InChI is InChI=1S/C34H36Cl2N4O5S/c1-23-3-5-26(28(35)17-23)21-45-31(20-40-11-9-37-22-40)27-7-6-25(19-29(27)36)33(41)38-10-12-42-13-14-43-15-16-44-34-39-30-8-4-24(2)18-32(30)46-34/h3-9,11,17-19,22,31H,10,12-16,20-21H2,1-2H3,(H,38,41). The highest BCUT2D eigenvalue weighted by atomic mass is 35.5. The number of carbonyl (C=O) groups is 1. The van der Waals surface area contributed by atoms with Crippen molar-refractivity contribution in [3.63, 3.8) is 0 Å². The smallest absolute Gasteiger partial charge is 0.274 e. The van der Waals surface area contributed by atoms with Crippen LogP contribution in [-0.4, -0.2) is 60.0 Å². The van der Waals surface area contributed by atoms with Crippen molar-refractivity contribution < 1.29 is 23.7 Å². The molecule has 1 atom stereocenters. The van der Waals surface area contributed by atoms with Crippen LogP contribution in [0, 0.1) is 13.8 Å². The van der Waals surface area contributed by atoms with Gasteiger partial charge in [0.25, 0.3) is 11.1 Å². The van der Waals surface area contributed by atoms with Gasteiger partial charge in [0.2, 0.25) is 0 Å². The highest BCUT2D eigenvalue weighted by Crippen LogP contribution is 2.31. The van der Waals surface area contributed by atoms with E-state index >= 15 is 0 Å². The summed E-state index contributed by atoms with van der Waals surface area (Å²) in [5.74, 6) is -0.242. The monoisotopic (exact) mass is 682 g/mol. The molecule has 1 unspecified atom stereocenters. The quantitative estimate of drug-likeness (QED) is 0.104. The fourth-order valence-corrected chi connectivity index (χ4v) is 6.17. The van der Waals surface area contributed by atoms with Crippen molar-refractivity contribution in [3.05, 3.63) is 111 Å². The van der Waals surface area contributed by atoms with E-state index in [-0.39, 0.29) is 5.91 Å². The molecule has 0 aliphatic carbocycles. The molecule has 0 saturated carbocycles. The normalized spacial score (nSPS) is 12.0. The van der Waals surface area contributed by atoms with Gasteiger partial charge in [-0.05, 0) is 60.9 Å². The molecular formula is C34H36Cl2N4O5S. The second-order valence-corrected chi connectivity index (χ2v) is 12.5. The third kappa shape index (κ3) is 9.75. The molecule has 1 amide bonds. The Morgan fingerprint density at radius 1 is 0.935 bits per heavy atom. The largest absolute Gasteiger partial charge is 0.468 e. The number of thiazole rings is 1. The minimum absolute atomic E-state index is 0.242. The van der Waals surface area contributed by atoms with E-state index in [1.165, 1.54) is 16.9 Å². The summed E-state index contributed by atoms with van der Waals surface area (Å²) in [6.45, 7) is 7.21. The van der Waals surface area contributed by atoms with Gasteiger partial charge in [-0.3, -0.25) is 4.79 Å². The summed E-state index contributed by atoms with van der Waals surface area (Å²) in [7, 11) is 0. The third-order valence-electron chi connectivity index (χ3n) is 7.08. The summed E-state index contributed by atoms with van der Waals surface area (Å²) < 4.78 is 26.2. The number of amides is 1. The zero-order valence-corrected chi connectivity index (χ0v) is 28.0. The van der Waals surface area contributed by atoms with Crippen LogP contribution in [0.1, 0.15) is 38.7 Å². The van der Waals surface area contributed by atoms with Crippen molar-refractivity contribution in [2.24, 2.45) is 0 Å². The van der Waals surface area contributed by atoms with Gasteiger partial charge < -0.3 is 28.8 Å². The van der Waals surface area contributed by atoms with Gasteiger partial charge in [-0.15, -0.1) is 0 Å². The Bertz CT molecular complexity index is 1730. The fourth-order valence-electron chi connectivity index (χ4n) is 4.64. The Morgan fingerprint density at radius 3 is 2.50 bits per heavy atom. The number of aromatic nitrogens is 3. The third-order valence-corrected chi connectivity index (χ3v) is 8.69. The van der Waals surface area contributed by atoms with Crippen LogP contribution >= 0.6 is 34.5 Å². The van der Waals surface area contributed by atoms with E-state index in [4.69, 9.17) is 42.1 Å². The number of imidazole rings is 1. The predicted octanol–water partition coefficient (Wildman–Crippen LogP) is 7.22. The molecule has 2 aromatic heterocycles. The molecule has 0 fully saturated rings. The van der Waals surface area contributed by atoms with Gasteiger partial charge >= 0.3 is 0 Å². The average Bonchev–Trinajstić information content (AvgIpc) is 3.70. The highest BCUT2D eigenvalue weighted by Gasteiger charge is 2.19. The second-order valence-electron chi connectivity index (χ2n) is 10.7. The molecule has 5 aromatic rings. The molecule has 0 spiro atoms. The number of carbonyl (C=O) groups excluding carboxylic acids is 1. The molecule has 0 radical (unpaired) electrons. The second kappa shape index (κ2) is 16.9. The minimum Gasteiger partial charge on any atom is -0.468 e. The highest BCUT2D eigenvalue weighted by molar-refractivity contribution is 7.20. The van der Waals surface area contributed by atoms with Crippen molar-refractivity contribution in [3.8, 4) is 5.19 Å². The molecule has 1 N–H and O–H groups in total. The molecule has 0 saturated heterocycles. The lowest BCUT2D eigenvalue weighted by atomic mass is 10.1. The fraction of sp³-hybridized carbons (Fsp3) is 0.324. The van der Waals surface area contributed by atoms with Gasteiger partial charge in [-0.25, -0.2) is 9.97 Å². The van der Waals surface area contributed by atoms with Crippen LogP contribution in [0.2, 0.25) is 10.0 Å². The molecule has 5 rings (SSSR count). The van der Waals surface area contributed by atoms with Gasteiger partial charge in [0.15, 0.2) is 0 Å². The first-order valence-electron chi connectivity index (χ1n) is 14.9. The number of hydrogen-bond donors (Lipinski definition) is 1. The number of nitrogens with zero attached hydrogens (tertiary/aromatic N) is 3. The van der Waals surface area contributed by atoms with Crippen LogP contribution in [-0.2, 0) is 27.4 Å². The van der Waals surface area contributed by atoms with Crippen LogP contribution in [0.15, 0.2) is 73.3 Å². The van der Waals surface area contributed by atoms with Gasteiger partial charge in [-0.2, -0.15) is 0 Å². The topological polar surface area (TPSA) is 96.7 Å². The number of nitrogens with one attached hydrogen (secondary N) is 1. The zero-order chi connectivity index (χ0) is 32.3. The molecule has 12 heteroatoms. The molecule has 3 aromatic carbocycles. The number of rotatable bonds is 17. The lowest BCUT2D eigenvalue weighted by Crippen LogP contribution is -2.27. The summed E-state index contributed by atoms with van der Waals surface area (Å²) in [4.78, 5) is 21.4. The van der Waals surface area contributed by atoms with E-state index in [1.807, 2.05) is 54.1 Å². The van der Waals surface area contributed by atoms with Crippen LogP contribution in [0.3, 0.4) is 0 Å². The van der Waals surface area contributed by atoms with E-state index < -0.39 is 6.10 Å². The summed E-state index contributed by atoms with van der Waals surface area (Å²) in [5, 5.41) is 4.59. The van der Waals surface area contributed by atoms with Gasteiger partial charge in [0.05, 0.1) is 56.1 Å². The van der Waals surface area contributed by atoms with Gasteiger partial charge in [0, 0.05) is 40.1 Å². The van der Waals surface area contributed by atoms with Gasteiger partial charge in [-0.1, -0.05) is 58.8 Å². The van der Waals surface area contributed by atoms with Crippen molar-refractivity contribution >= 4 is 50.7 Å². The Morgan fingerprint density at radius 2 is 1.72 bits per heavy atom. The van der Waals surface area contributed by atoms with Crippen molar-refractivity contribution in [1.29, 1.82) is 0 Å². The lowest BCUT2D eigenvalue weighted by Gasteiger charge is -2.21. The van der Waals surface area contributed by atoms with Crippen LogP contribution in [0.5, 0.6) is 5.19 Å². The number of fused-ring (bicyclic) bond motifs is 1. The SMILES string of the molecule is Cc1ccc(COC(Cn2ccnc2)c2ccc(C(=O)NCCOCCOCCOc3nc4ccc(C)cc4s3)cc2Cl)c(Cl)c1. The van der Waals surface area contributed by atoms with Crippen molar-refractivity contribution in [2.45, 2.75) is 33.1 Å². The molecule has 242 valence electrons. The van der Waals surface area contributed by atoms with E-state index in [9.17, 15) is 4.79 Å². The summed E-state index contributed by atoms with van der Waals surface area (Å²) in [5.41, 5.74) is 5.31. The molecule has 46 heavy (non-hydrogen) atoms. The first-order valence-corrected chi connectivity index (χ1v) is 16.5. The first kappa shape index (κ1) is 33.8. The molecule has 2 heterocycles. The van der Waals surface area contributed by atoms with Crippen LogP contribution < -0.4 is 10.1 Å². The van der Waals surface area contributed by atoms with Crippen molar-refractivity contribution in [1.82, 2.24) is 19.9 Å². The lowest BCUT2D eigenvalue weighted by molar-refractivity contribution is 0.0280. The maximum atomic E-state index is 12.8. The van der Waals surface area contributed by atoms with E-state index in [0.717, 1.165) is 26.9 Å². The number of aryl methyl sites for hydroxylation is 2. The molecular weight excluding hydrogens is 647 g/mol. The van der Waals surface area contributed by atoms with E-state index in [1.54, 1.807) is 24.7 Å². The summed E-state index contributed by atoms with van der Waals surface area (Å²) in [6.07, 6.45) is 4.90. The number of hydrogen-bond acceptors (Lipinski definition) is 8. The molecule has 0 aliphatic rings. The maximum absolute atomic E-state index is 12.8. The van der Waals surface area contributed by atoms with Crippen LogP contribution in [0.25, 0.3) is 10.2 Å². The average molecular weight is 684 g/mol. The minimum atomic E-state index is -0.393. The first-order chi connectivity index (χ1) is 22.4. The van der Waals surface area contributed by atoms with E-state index in [2.05, 4.69) is 28.3 Å². The number of benzene rings is 3. The Labute approximate surface area is 282 Å². The molecule has 0 aliphatic heterocycles. The molecule has 0 bridgehead atoms. The zero-order valence-electron chi connectivity index (χ0n) is 25.7. The maximum Gasteiger partial charge on any atom is 0.274 e. The predicted molar refractivity (Wildman–Crippen MR) is 181 cm³/mol. The molecule has 9 nitrogen and oxygen atoms in total. The van der Waals surface area contributed by atoms with Gasteiger partial charge in [0.1, 0.15) is 12.7 Å². The van der Waals surface area contributed by atoms with E-state index in [0.29, 0.717) is 73.5 Å². The van der Waals surface area contributed by atoms with Crippen molar-refractivity contribution in [2.75, 3.05) is 39.6 Å². The number of ether oxygens (including phenoxy) is 4. The number of halogens is 2. The Balaban J connectivity index is 1.01. The van der Waals surface area contributed by atoms with Crippen LogP contribution in [0.4, 0.5) is 0 Å². The summed E-state index contributed by atoms with van der Waals surface area (Å²) in [6, 6.07) is 17.2. The Hall–Kier alpha value is -3.51.